The van der Waals surface area contributed by atoms with E-state index in [-0.39, 0.29) is 6.04 Å². The van der Waals surface area contributed by atoms with Gasteiger partial charge in [-0.15, -0.1) is 0 Å². The summed E-state index contributed by atoms with van der Waals surface area (Å²) in [6.07, 6.45) is 1.96. The molecule has 0 aliphatic carbocycles. The summed E-state index contributed by atoms with van der Waals surface area (Å²) in [4.78, 5) is 0. The minimum Gasteiger partial charge on any atom is -0.256 e. The lowest BCUT2D eigenvalue weighted by molar-refractivity contribution is 0.592. The lowest BCUT2D eigenvalue weighted by Gasteiger charge is -2.27. The van der Waals surface area contributed by atoms with Gasteiger partial charge in [-0.25, -0.2) is 0 Å². The molecule has 2 atom stereocenters. The number of anilines is 1. The first kappa shape index (κ1) is 13.5. The number of hydrogen-bond donors (Lipinski definition) is 0. The maximum Gasteiger partial charge on any atom is 0.0851 e. The van der Waals surface area contributed by atoms with Crippen molar-refractivity contribution >= 4 is 35.1 Å². The summed E-state index contributed by atoms with van der Waals surface area (Å²) in [5, 5.41) is 7.95. The van der Waals surface area contributed by atoms with Crippen LogP contribution in [0.2, 0.25) is 10.0 Å². The Morgan fingerprint density at radius 3 is 2.40 bits per heavy atom. The third-order valence-corrected chi connectivity index (χ3v) is 4.07. The second-order valence-corrected chi connectivity index (χ2v) is 5.76. The number of hydrogen-bond acceptors (Lipinski definition) is 2. The fourth-order valence-electron chi connectivity index (χ4n) is 2.51. The van der Waals surface area contributed by atoms with Gasteiger partial charge in [-0.05, 0) is 29.8 Å². The van der Waals surface area contributed by atoms with Gasteiger partial charge in [-0.3, -0.25) is 5.01 Å². The van der Waals surface area contributed by atoms with Crippen LogP contribution in [0.4, 0.5) is 5.69 Å². The number of halogens is 2. The molecule has 0 fully saturated rings. The molecule has 2 aromatic rings. The fraction of sp³-hybridized carbons (Fsp3) is 0.188. The minimum atomic E-state index is 0.146. The molecule has 0 saturated heterocycles. The molecular weight excluding hydrogens is 291 g/mol. The molecule has 102 valence electrons. The lowest BCUT2D eigenvalue weighted by atomic mass is 9.96. The Morgan fingerprint density at radius 1 is 1.00 bits per heavy atom. The Labute approximate surface area is 128 Å². The number of para-hydroxylation sites is 1. The number of hydrazone groups is 1. The van der Waals surface area contributed by atoms with Crippen LogP contribution in [0.5, 0.6) is 0 Å². The third-order valence-electron chi connectivity index (χ3n) is 3.50. The van der Waals surface area contributed by atoms with Crippen molar-refractivity contribution in [1.82, 2.24) is 0 Å². The van der Waals surface area contributed by atoms with Gasteiger partial charge in [0.15, 0.2) is 0 Å². The van der Waals surface area contributed by atoms with Crippen LogP contribution < -0.4 is 5.01 Å². The van der Waals surface area contributed by atoms with Gasteiger partial charge in [0.05, 0.1) is 16.8 Å². The van der Waals surface area contributed by atoms with Crippen molar-refractivity contribution in [3.8, 4) is 0 Å². The average molecular weight is 305 g/mol. The lowest BCUT2D eigenvalue weighted by Crippen LogP contribution is -2.23. The topological polar surface area (TPSA) is 15.6 Å². The van der Waals surface area contributed by atoms with Gasteiger partial charge in [-0.1, -0.05) is 54.4 Å². The first-order valence-corrected chi connectivity index (χ1v) is 7.26. The molecule has 4 heteroatoms. The van der Waals surface area contributed by atoms with E-state index < -0.39 is 0 Å². The first-order valence-electron chi connectivity index (χ1n) is 6.50. The number of nitrogens with zero attached hydrogens (tertiary/aromatic N) is 2. The predicted octanol–water partition coefficient (Wildman–Crippen LogP) is 5.18. The molecule has 0 unspecified atom stereocenters. The van der Waals surface area contributed by atoms with Gasteiger partial charge in [0, 0.05) is 17.2 Å². The van der Waals surface area contributed by atoms with Crippen LogP contribution in [-0.2, 0) is 0 Å². The van der Waals surface area contributed by atoms with E-state index in [0.29, 0.717) is 10.9 Å². The first-order chi connectivity index (χ1) is 9.66. The molecule has 2 nitrogen and oxygen atoms in total. The summed E-state index contributed by atoms with van der Waals surface area (Å²) in [6, 6.07) is 15.8. The van der Waals surface area contributed by atoms with Gasteiger partial charge in [0.2, 0.25) is 0 Å². The molecule has 0 bridgehead atoms. The molecule has 0 spiro atoms. The summed E-state index contributed by atoms with van der Waals surface area (Å²) >= 11 is 12.3. The summed E-state index contributed by atoms with van der Waals surface area (Å²) in [7, 11) is 0. The Balaban J connectivity index is 2.00. The maximum atomic E-state index is 6.29. The SMILES string of the molecule is C[C@@H]1C=NN(c2ccccc2Cl)[C@@H]1c1ccc(Cl)cc1. The van der Waals surface area contributed by atoms with Crippen molar-refractivity contribution in [3.05, 3.63) is 64.1 Å². The van der Waals surface area contributed by atoms with Crippen molar-refractivity contribution in [3.63, 3.8) is 0 Å². The molecule has 2 aromatic carbocycles. The Morgan fingerprint density at radius 2 is 1.70 bits per heavy atom. The second kappa shape index (κ2) is 5.47. The summed E-state index contributed by atoms with van der Waals surface area (Å²) < 4.78 is 0. The highest BCUT2D eigenvalue weighted by atomic mass is 35.5. The van der Waals surface area contributed by atoms with Gasteiger partial charge < -0.3 is 0 Å². The van der Waals surface area contributed by atoms with Crippen molar-refractivity contribution in [2.75, 3.05) is 5.01 Å². The zero-order valence-electron chi connectivity index (χ0n) is 11.0. The number of benzene rings is 2. The van der Waals surface area contributed by atoms with E-state index in [1.807, 2.05) is 59.8 Å². The van der Waals surface area contributed by atoms with Gasteiger partial charge in [-0.2, -0.15) is 5.10 Å². The van der Waals surface area contributed by atoms with E-state index in [9.17, 15) is 0 Å². The summed E-state index contributed by atoms with van der Waals surface area (Å²) in [6.45, 7) is 2.15. The van der Waals surface area contributed by atoms with Gasteiger partial charge >= 0.3 is 0 Å². The standard InChI is InChI=1S/C16H14Cl2N2/c1-11-10-19-20(15-5-3-2-4-14(15)18)16(11)12-6-8-13(17)9-7-12/h2-11,16H,1H3/t11-,16+/m1/s1. The average Bonchev–Trinajstić information content (AvgIpc) is 2.82. The highest BCUT2D eigenvalue weighted by Gasteiger charge is 2.31. The molecule has 1 aliphatic rings. The highest BCUT2D eigenvalue weighted by Crippen LogP contribution is 2.39. The largest absolute Gasteiger partial charge is 0.256 e. The molecule has 0 N–H and O–H groups in total. The van der Waals surface area contributed by atoms with Gasteiger partial charge in [0.25, 0.3) is 0 Å². The van der Waals surface area contributed by atoms with E-state index >= 15 is 0 Å². The quantitative estimate of drug-likeness (QED) is 0.746. The molecular formula is C16H14Cl2N2. The van der Waals surface area contributed by atoms with Crippen LogP contribution in [0.3, 0.4) is 0 Å². The zero-order chi connectivity index (χ0) is 14.1. The summed E-state index contributed by atoms with van der Waals surface area (Å²) in [5.41, 5.74) is 2.11. The third kappa shape index (κ3) is 2.41. The van der Waals surface area contributed by atoms with Crippen LogP contribution in [0.1, 0.15) is 18.5 Å². The van der Waals surface area contributed by atoms with Crippen LogP contribution in [0.25, 0.3) is 0 Å². The summed E-state index contributed by atoms with van der Waals surface area (Å²) in [5.74, 6) is 0.312. The van der Waals surface area contributed by atoms with E-state index in [1.165, 1.54) is 5.56 Å². The molecule has 1 heterocycles. The van der Waals surface area contributed by atoms with Gasteiger partial charge in [0.1, 0.15) is 0 Å². The van der Waals surface area contributed by atoms with E-state index in [1.54, 1.807) is 0 Å². The smallest absolute Gasteiger partial charge is 0.0851 e. The second-order valence-electron chi connectivity index (χ2n) is 4.92. The molecule has 0 amide bonds. The Hall–Kier alpha value is -1.51. The fourth-order valence-corrected chi connectivity index (χ4v) is 2.86. The normalized spacial score (nSPS) is 21.4. The minimum absolute atomic E-state index is 0.146. The van der Waals surface area contributed by atoms with Crippen LogP contribution >= 0.6 is 23.2 Å². The van der Waals surface area contributed by atoms with E-state index in [2.05, 4.69) is 12.0 Å². The maximum absolute atomic E-state index is 6.29. The molecule has 20 heavy (non-hydrogen) atoms. The van der Waals surface area contributed by atoms with Crippen LogP contribution in [0.15, 0.2) is 53.6 Å². The van der Waals surface area contributed by atoms with E-state index in [4.69, 9.17) is 23.2 Å². The molecule has 0 aromatic heterocycles. The molecule has 3 rings (SSSR count). The highest BCUT2D eigenvalue weighted by molar-refractivity contribution is 6.33. The monoisotopic (exact) mass is 304 g/mol. The molecule has 1 aliphatic heterocycles. The zero-order valence-corrected chi connectivity index (χ0v) is 12.5. The molecule has 0 saturated carbocycles. The predicted molar refractivity (Wildman–Crippen MR) is 85.8 cm³/mol. The van der Waals surface area contributed by atoms with Crippen molar-refractivity contribution in [2.24, 2.45) is 11.0 Å². The van der Waals surface area contributed by atoms with Crippen molar-refractivity contribution in [1.29, 1.82) is 0 Å². The Bertz CT molecular complexity index is 637. The van der Waals surface area contributed by atoms with Crippen LogP contribution in [0, 0.1) is 5.92 Å². The molecule has 0 radical (unpaired) electrons. The number of rotatable bonds is 2. The van der Waals surface area contributed by atoms with Crippen LogP contribution in [-0.4, -0.2) is 6.21 Å². The van der Waals surface area contributed by atoms with E-state index in [0.717, 1.165) is 10.7 Å². The Kier molecular flexibility index (Phi) is 3.68. The van der Waals surface area contributed by atoms with Crippen molar-refractivity contribution < 1.29 is 0 Å². The van der Waals surface area contributed by atoms with Crippen molar-refractivity contribution in [2.45, 2.75) is 13.0 Å².